The first-order chi connectivity index (χ1) is 30.2. The third-order valence-corrected chi connectivity index (χ3v) is 12.5. The molecule has 2 nitrogen and oxygen atoms in total. The van der Waals surface area contributed by atoms with Crippen LogP contribution < -0.4 is 0 Å². The van der Waals surface area contributed by atoms with Gasteiger partial charge >= 0.3 is 0 Å². The molecule has 0 amide bonds. The summed E-state index contributed by atoms with van der Waals surface area (Å²) in [7, 11) is 0. The predicted octanol–water partition coefficient (Wildman–Crippen LogP) is 15.7. The smallest absolute Gasteiger partial charge is 0.0794 e. The zero-order valence-corrected chi connectivity index (χ0v) is 33.4. The molecular formula is C59H38N2. The van der Waals surface area contributed by atoms with Crippen molar-refractivity contribution < 1.29 is 0 Å². The second-order valence-corrected chi connectivity index (χ2v) is 16.0. The molecule has 0 N–H and O–H groups in total. The number of pyridine rings is 1. The first kappa shape index (κ1) is 35.0. The fourth-order valence-corrected chi connectivity index (χ4v) is 9.47. The molecule has 0 bridgehead atoms. The number of benzene rings is 10. The number of aromatic nitrogens is 1. The molecule has 11 aromatic rings. The first-order valence-electron chi connectivity index (χ1n) is 21.0. The topological polar surface area (TPSA) is 25.2 Å². The summed E-state index contributed by atoms with van der Waals surface area (Å²) in [6.45, 7) is 0. The van der Waals surface area contributed by atoms with Crippen LogP contribution in [-0.2, 0) is 6.42 Å². The molecule has 0 saturated carbocycles. The second-order valence-electron chi connectivity index (χ2n) is 16.0. The van der Waals surface area contributed by atoms with Crippen LogP contribution in [0.3, 0.4) is 0 Å². The van der Waals surface area contributed by atoms with E-state index in [9.17, 15) is 0 Å². The van der Waals surface area contributed by atoms with Gasteiger partial charge in [-0.25, -0.2) is 4.98 Å². The lowest BCUT2D eigenvalue weighted by atomic mass is 9.90. The molecule has 2 heterocycles. The van der Waals surface area contributed by atoms with E-state index in [-0.39, 0.29) is 0 Å². The van der Waals surface area contributed by atoms with E-state index in [4.69, 9.17) is 9.98 Å². The molecule has 284 valence electrons. The molecule has 2 heteroatoms. The van der Waals surface area contributed by atoms with E-state index in [1.165, 1.54) is 65.9 Å². The summed E-state index contributed by atoms with van der Waals surface area (Å²) in [5.74, 6) is 0. The van der Waals surface area contributed by atoms with Gasteiger partial charge in [-0.05, 0) is 89.3 Å². The summed E-state index contributed by atoms with van der Waals surface area (Å²) in [4.78, 5) is 10.8. The van der Waals surface area contributed by atoms with Crippen LogP contribution in [0.25, 0.3) is 99.0 Å². The summed E-state index contributed by atoms with van der Waals surface area (Å²) < 4.78 is 0. The largest absolute Gasteiger partial charge is 0.252 e. The summed E-state index contributed by atoms with van der Waals surface area (Å²) in [5.41, 5.74) is 17.2. The Morgan fingerprint density at radius 3 is 1.33 bits per heavy atom. The lowest BCUT2D eigenvalue weighted by molar-refractivity contribution is 1.40. The van der Waals surface area contributed by atoms with Gasteiger partial charge in [-0.1, -0.05) is 206 Å². The molecule has 0 radical (unpaired) electrons. The third-order valence-electron chi connectivity index (χ3n) is 12.5. The first-order valence-corrected chi connectivity index (χ1v) is 21.0. The lowest BCUT2D eigenvalue weighted by Gasteiger charge is -2.16. The number of nitrogens with zero attached hydrogens (tertiary/aromatic N) is 2. The number of rotatable bonds is 6. The van der Waals surface area contributed by atoms with E-state index >= 15 is 0 Å². The number of aliphatic imine (C=N–C) groups is 1. The van der Waals surface area contributed by atoms with Gasteiger partial charge in [0, 0.05) is 28.1 Å². The van der Waals surface area contributed by atoms with Crippen LogP contribution >= 0.6 is 0 Å². The second kappa shape index (κ2) is 14.4. The molecule has 0 saturated heterocycles. The summed E-state index contributed by atoms with van der Waals surface area (Å²) >= 11 is 0. The van der Waals surface area contributed by atoms with E-state index in [0.717, 1.165) is 62.1 Å². The molecule has 0 fully saturated rings. The Bertz CT molecular complexity index is 3500. The van der Waals surface area contributed by atoms with Crippen molar-refractivity contribution in [2.45, 2.75) is 6.42 Å². The van der Waals surface area contributed by atoms with Gasteiger partial charge in [-0.15, -0.1) is 0 Å². The van der Waals surface area contributed by atoms with E-state index in [0.29, 0.717) is 0 Å². The Morgan fingerprint density at radius 2 is 0.721 bits per heavy atom. The lowest BCUT2D eigenvalue weighted by Crippen LogP contribution is -2.00. The molecule has 1 aromatic heterocycles. The molecule has 0 aliphatic carbocycles. The number of fused-ring (bicyclic) bond motifs is 9. The minimum Gasteiger partial charge on any atom is -0.252 e. The third kappa shape index (κ3) is 6.03. The van der Waals surface area contributed by atoms with Gasteiger partial charge in [-0.2, -0.15) is 0 Å². The maximum Gasteiger partial charge on any atom is 0.0794 e. The van der Waals surface area contributed by atoms with Crippen LogP contribution in [0.1, 0.15) is 11.1 Å². The summed E-state index contributed by atoms with van der Waals surface area (Å²) in [6.07, 6.45) is 0.805. The number of hydrogen-bond acceptors (Lipinski definition) is 2. The van der Waals surface area contributed by atoms with Crippen molar-refractivity contribution in [3.8, 4) is 55.8 Å². The zero-order valence-electron chi connectivity index (χ0n) is 33.4. The van der Waals surface area contributed by atoms with Crippen molar-refractivity contribution in [1.82, 2.24) is 4.98 Å². The van der Waals surface area contributed by atoms with E-state index < -0.39 is 0 Å². The molecule has 0 unspecified atom stereocenters. The standard InChI is InChI=1S/C59H38N2/c1-3-13-38(14-4-1)40-23-27-42(28-24-40)52-35-54-53(36-56(60-58(54)51-22-12-10-20-49(51)52)44-31-25-41(26-32-44)39-15-5-2-6-16-39)43-29-33-45(34-30-43)57-37-55-48-19-8-7-17-46(48)47-18-9-11-21-50(47)59(55)61-57/h1-36H,37H2. The molecule has 10 aromatic carbocycles. The highest BCUT2D eigenvalue weighted by Crippen LogP contribution is 2.44. The molecule has 12 rings (SSSR count). The number of hydrogen-bond donors (Lipinski definition) is 0. The highest BCUT2D eigenvalue weighted by Gasteiger charge is 2.23. The van der Waals surface area contributed by atoms with Crippen LogP contribution in [0, 0.1) is 0 Å². The van der Waals surface area contributed by atoms with Crippen LogP contribution in [-0.4, -0.2) is 10.7 Å². The van der Waals surface area contributed by atoms with Gasteiger partial charge in [0.15, 0.2) is 0 Å². The minimum atomic E-state index is 0.805. The van der Waals surface area contributed by atoms with Gasteiger partial charge in [0.2, 0.25) is 0 Å². The maximum atomic E-state index is 5.48. The summed E-state index contributed by atoms with van der Waals surface area (Å²) in [5, 5.41) is 8.50. The van der Waals surface area contributed by atoms with Crippen LogP contribution in [0.4, 0.5) is 5.69 Å². The van der Waals surface area contributed by atoms with Gasteiger partial charge in [-0.3, -0.25) is 4.99 Å². The SMILES string of the molecule is c1ccc(-c2ccc(-c3cc(-c4ccc(C5=Nc6c(c7ccccc7c7ccccc67)C5)cc4)c4cc(-c5ccc(-c6ccccc6)cc5)c5ccccc5c4n3)cc2)cc1. The van der Waals surface area contributed by atoms with Crippen molar-refractivity contribution in [2.24, 2.45) is 4.99 Å². The summed E-state index contributed by atoms with van der Waals surface area (Å²) in [6, 6.07) is 78.8. The monoisotopic (exact) mass is 774 g/mol. The highest BCUT2D eigenvalue weighted by molar-refractivity contribution is 6.21. The Labute approximate surface area is 354 Å². The van der Waals surface area contributed by atoms with Crippen LogP contribution in [0.5, 0.6) is 0 Å². The fourth-order valence-electron chi connectivity index (χ4n) is 9.47. The zero-order chi connectivity index (χ0) is 40.3. The quantitative estimate of drug-likeness (QED) is 0.154. The Morgan fingerprint density at radius 1 is 0.295 bits per heavy atom. The average Bonchev–Trinajstić information content (AvgIpc) is 3.81. The molecule has 1 aliphatic heterocycles. The van der Waals surface area contributed by atoms with Gasteiger partial charge in [0.05, 0.1) is 22.6 Å². The normalized spacial score (nSPS) is 12.3. The molecule has 1 aliphatic rings. The van der Waals surface area contributed by atoms with E-state index in [1.807, 2.05) is 0 Å². The van der Waals surface area contributed by atoms with Crippen LogP contribution in [0.2, 0.25) is 0 Å². The maximum absolute atomic E-state index is 5.48. The van der Waals surface area contributed by atoms with Crippen molar-refractivity contribution in [1.29, 1.82) is 0 Å². The van der Waals surface area contributed by atoms with Crippen molar-refractivity contribution in [3.63, 3.8) is 0 Å². The highest BCUT2D eigenvalue weighted by atomic mass is 14.8. The Hall–Kier alpha value is -7.94. The molecule has 61 heavy (non-hydrogen) atoms. The molecule has 0 spiro atoms. The molecular weight excluding hydrogens is 737 g/mol. The molecule has 0 atom stereocenters. The average molecular weight is 775 g/mol. The minimum absolute atomic E-state index is 0.805. The Kier molecular flexibility index (Phi) is 8.28. The van der Waals surface area contributed by atoms with Crippen LogP contribution in [0.15, 0.2) is 223 Å². The predicted molar refractivity (Wildman–Crippen MR) is 258 cm³/mol. The van der Waals surface area contributed by atoms with Crippen molar-refractivity contribution in [3.05, 3.63) is 230 Å². The van der Waals surface area contributed by atoms with Gasteiger partial charge in [0.25, 0.3) is 0 Å². The van der Waals surface area contributed by atoms with E-state index in [2.05, 4.69) is 218 Å². The van der Waals surface area contributed by atoms with Gasteiger partial charge < -0.3 is 0 Å². The van der Waals surface area contributed by atoms with Gasteiger partial charge in [0.1, 0.15) is 0 Å². The Balaban J connectivity index is 1.01. The van der Waals surface area contributed by atoms with Crippen molar-refractivity contribution >= 4 is 54.6 Å². The fraction of sp³-hybridized carbons (Fsp3) is 0.0169. The van der Waals surface area contributed by atoms with Crippen molar-refractivity contribution in [2.75, 3.05) is 0 Å². The van der Waals surface area contributed by atoms with E-state index in [1.54, 1.807) is 0 Å².